The molecule has 3 N–H and O–H groups in total. The number of hydrogen-bond donors (Lipinski definition) is 3. The molecule has 138 valence electrons. The number of amides is 2. The second-order valence-corrected chi connectivity index (χ2v) is 8.33. The lowest BCUT2D eigenvalue weighted by atomic mass is 9.79. The van der Waals surface area contributed by atoms with Gasteiger partial charge in [0.05, 0.1) is 6.61 Å². The van der Waals surface area contributed by atoms with Gasteiger partial charge >= 0.3 is 11.8 Å². The van der Waals surface area contributed by atoms with Crippen molar-refractivity contribution in [2.24, 2.45) is 0 Å². The molecule has 2 saturated heterocycles. The highest BCUT2D eigenvalue weighted by molar-refractivity contribution is 6.35. The fourth-order valence-corrected chi connectivity index (χ4v) is 4.13. The molecule has 0 aromatic rings. The van der Waals surface area contributed by atoms with Gasteiger partial charge in [0.15, 0.2) is 0 Å². The number of carbonyl (C=O) groups is 2. The fourth-order valence-electron chi connectivity index (χ4n) is 4.13. The number of aliphatic hydroxyl groups excluding tert-OH is 1. The van der Waals surface area contributed by atoms with Crippen LogP contribution in [0.5, 0.6) is 0 Å². The van der Waals surface area contributed by atoms with E-state index in [2.05, 4.69) is 43.2 Å². The van der Waals surface area contributed by atoms with Gasteiger partial charge in [0, 0.05) is 49.8 Å². The van der Waals surface area contributed by atoms with Crippen LogP contribution in [-0.4, -0.2) is 83.2 Å². The van der Waals surface area contributed by atoms with Crippen LogP contribution < -0.4 is 10.6 Å². The van der Waals surface area contributed by atoms with Gasteiger partial charge < -0.3 is 20.6 Å². The minimum Gasteiger partial charge on any atom is -0.395 e. The van der Waals surface area contributed by atoms with Gasteiger partial charge in [-0.3, -0.25) is 14.5 Å². The van der Waals surface area contributed by atoms with E-state index in [0.717, 1.165) is 12.8 Å². The minimum atomic E-state index is -0.496. The van der Waals surface area contributed by atoms with Gasteiger partial charge in [-0.2, -0.15) is 0 Å². The van der Waals surface area contributed by atoms with E-state index < -0.39 is 11.8 Å². The number of rotatable bonds is 3. The predicted molar refractivity (Wildman–Crippen MR) is 92.6 cm³/mol. The van der Waals surface area contributed by atoms with Crippen molar-refractivity contribution in [3.63, 3.8) is 0 Å². The third kappa shape index (κ3) is 5.16. The van der Waals surface area contributed by atoms with Crippen molar-refractivity contribution in [2.75, 3.05) is 39.3 Å². The van der Waals surface area contributed by atoms with Crippen LogP contribution in [0.15, 0.2) is 0 Å². The SMILES string of the molecule is CC1(C)CC(NC(=O)C(=O)N2CCN(CCO)CC2)CC(C)(C)N1. The van der Waals surface area contributed by atoms with Gasteiger partial charge in [0.1, 0.15) is 0 Å². The Morgan fingerprint density at radius 1 is 1.08 bits per heavy atom. The van der Waals surface area contributed by atoms with Crippen LogP contribution in [0.4, 0.5) is 0 Å². The van der Waals surface area contributed by atoms with Crippen LogP contribution in [-0.2, 0) is 9.59 Å². The van der Waals surface area contributed by atoms with Gasteiger partial charge in [0.2, 0.25) is 0 Å². The molecule has 0 radical (unpaired) electrons. The van der Waals surface area contributed by atoms with Crippen molar-refractivity contribution in [3.05, 3.63) is 0 Å². The van der Waals surface area contributed by atoms with E-state index in [-0.39, 0.29) is 23.7 Å². The Bertz CT molecular complexity index is 454. The number of carbonyl (C=O) groups excluding carboxylic acids is 2. The van der Waals surface area contributed by atoms with E-state index in [4.69, 9.17) is 5.11 Å². The lowest BCUT2D eigenvalue weighted by Crippen LogP contribution is -2.63. The molecular weight excluding hydrogens is 308 g/mol. The summed E-state index contributed by atoms with van der Waals surface area (Å²) in [4.78, 5) is 28.5. The van der Waals surface area contributed by atoms with E-state index in [1.165, 1.54) is 0 Å². The lowest BCUT2D eigenvalue weighted by molar-refractivity contribution is -0.147. The highest BCUT2D eigenvalue weighted by atomic mass is 16.3. The van der Waals surface area contributed by atoms with Crippen LogP contribution in [0.25, 0.3) is 0 Å². The van der Waals surface area contributed by atoms with Crippen LogP contribution >= 0.6 is 0 Å². The summed E-state index contributed by atoms with van der Waals surface area (Å²) in [6.07, 6.45) is 1.61. The van der Waals surface area contributed by atoms with Crippen LogP contribution in [0.1, 0.15) is 40.5 Å². The number of nitrogens with zero attached hydrogens (tertiary/aromatic N) is 2. The van der Waals surface area contributed by atoms with E-state index in [1.54, 1.807) is 4.90 Å². The summed E-state index contributed by atoms with van der Waals surface area (Å²) in [5.41, 5.74) is -0.142. The molecule has 2 aliphatic heterocycles. The maximum atomic E-state index is 12.4. The average molecular weight is 340 g/mol. The zero-order chi connectivity index (χ0) is 18.0. The number of piperazine rings is 1. The second kappa shape index (κ2) is 7.37. The van der Waals surface area contributed by atoms with Crippen LogP contribution in [0.2, 0.25) is 0 Å². The molecule has 0 aromatic heterocycles. The summed E-state index contributed by atoms with van der Waals surface area (Å²) >= 11 is 0. The number of piperidine rings is 1. The van der Waals surface area contributed by atoms with Crippen molar-refractivity contribution < 1.29 is 14.7 Å². The monoisotopic (exact) mass is 340 g/mol. The molecule has 0 unspecified atom stereocenters. The molecule has 0 atom stereocenters. The Kier molecular flexibility index (Phi) is 5.88. The Morgan fingerprint density at radius 3 is 2.12 bits per heavy atom. The zero-order valence-electron chi connectivity index (χ0n) is 15.4. The first-order valence-electron chi connectivity index (χ1n) is 8.84. The summed E-state index contributed by atoms with van der Waals surface area (Å²) in [6, 6.07) is 0.00313. The highest BCUT2D eigenvalue weighted by Crippen LogP contribution is 2.28. The first-order valence-corrected chi connectivity index (χ1v) is 8.84. The standard InChI is InChI=1S/C17H32N4O3/c1-16(2)11-13(12-17(3,4)19-16)18-14(23)15(24)21-7-5-20(6-8-21)9-10-22/h13,19,22H,5-12H2,1-4H3,(H,18,23). The van der Waals surface area contributed by atoms with Crippen molar-refractivity contribution >= 4 is 11.8 Å². The summed E-state index contributed by atoms with van der Waals surface area (Å²) in [6.45, 7) is 11.7. The largest absolute Gasteiger partial charge is 0.395 e. The van der Waals surface area contributed by atoms with Gasteiger partial charge in [-0.05, 0) is 40.5 Å². The van der Waals surface area contributed by atoms with Gasteiger partial charge in [-0.25, -0.2) is 0 Å². The first kappa shape index (κ1) is 19.1. The Hall–Kier alpha value is -1.18. The molecule has 2 fully saturated rings. The summed E-state index contributed by atoms with van der Waals surface area (Å²) in [7, 11) is 0. The summed E-state index contributed by atoms with van der Waals surface area (Å²) in [5.74, 6) is -0.933. The van der Waals surface area contributed by atoms with Gasteiger partial charge in [-0.15, -0.1) is 0 Å². The normalized spacial score (nSPS) is 24.6. The Morgan fingerprint density at radius 2 is 1.62 bits per heavy atom. The van der Waals surface area contributed by atoms with Gasteiger partial charge in [-0.1, -0.05) is 0 Å². The highest BCUT2D eigenvalue weighted by Gasteiger charge is 2.39. The first-order chi connectivity index (χ1) is 11.1. The van der Waals surface area contributed by atoms with Crippen molar-refractivity contribution in [2.45, 2.75) is 57.7 Å². The summed E-state index contributed by atoms with van der Waals surface area (Å²) < 4.78 is 0. The third-order valence-electron chi connectivity index (χ3n) is 4.80. The average Bonchev–Trinajstić information content (AvgIpc) is 2.44. The second-order valence-electron chi connectivity index (χ2n) is 8.33. The molecule has 0 aromatic carbocycles. The van der Waals surface area contributed by atoms with Crippen LogP contribution in [0, 0.1) is 0 Å². The smallest absolute Gasteiger partial charge is 0.311 e. The molecule has 2 rings (SSSR count). The molecule has 0 aliphatic carbocycles. The van der Waals surface area contributed by atoms with E-state index in [9.17, 15) is 9.59 Å². The van der Waals surface area contributed by atoms with E-state index in [0.29, 0.717) is 32.7 Å². The van der Waals surface area contributed by atoms with Crippen molar-refractivity contribution in [1.29, 1.82) is 0 Å². The number of aliphatic hydroxyl groups is 1. The molecule has 0 bridgehead atoms. The molecule has 7 nitrogen and oxygen atoms in total. The maximum Gasteiger partial charge on any atom is 0.311 e. The summed E-state index contributed by atoms with van der Waals surface area (Å²) in [5, 5.41) is 15.5. The molecular formula is C17H32N4O3. The van der Waals surface area contributed by atoms with E-state index >= 15 is 0 Å². The predicted octanol–water partition coefficient (Wildman–Crippen LogP) is -0.452. The fraction of sp³-hybridized carbons (Fsp3) is 0.882. The molecule has 7 heteroatoms. The topological polar surface area (TPSA) is 84.9 Å². The van der Waals surface area contributed by atoms with E-state index in [1.807, 2.05) is 0 Å². The lowest BCUT2D eigenvalue weighted by Gasteiger charge is -2.46. The molecule has 2 aliphatic rings. The van der Waals surface area contributed by atoms with Gasteiger partial charge in [0.25, 0.3) is 0 Å². The molecule has 0 saturated carbocycles. The maximum absolute atomic E-state index is 12.4. The quantitative estimate of drug-likeness (QED) is 0.606. The number of nitrogens with one attached hydrogen (secondary N) is 2. The zero-order valence-corrected chi connectivity index (χ0v) is 15.4. The number of hydrogen-bond acceptors (Lipinski definition) is 5. The molecule has 2 heterocycles. The molecule has 24 heavy (non-hydrogen) atoms. The van der Waals surface area contributed by atoms with Crippen molar-refractivity contribution in [3.8, 4) is 0 Å². The molecule has 2 amide bonds. The Labute approximate surface area is 144 Å². The Balaban J connectivity index is 1.87. The number of β-amino-alcohol motifs (C(OH)–C–C–N with tert-alkyl or cyclic N) is 1. The van der Waals surface area contributed by atoms with Crippen LogP contribution in [0.3, 0.4) is 0 Å². The third-order valence-corrected chi connectivity index (χ3v) is 4.80. The van der Waals surface area contributed by atoms with Crippen molar-refractivity contribution in [1.82, 2.24) is 20.4 Å². The molecule has 0 spiro atoms. The minimum absolute atomic E-state index is 0.00313.